The van der Waals surface area contributed by atoms with Crippen LogP contribution in [-0.2, 0) is 16.6 Å². The molecule has 7 heteroatoms. The van der Waals surface area contributed by atoms with Gasteiger partial charge in [0.2, 0.25) is 10.0 Å². The lowest BCUT2D eigenvalue weighted by atomic mass is 10.1. The Morgan fingerprint density at radius 1 is 1.29 bits per heavy atom. The molecule has 0 atom stereocenters. The van der Waals surface area contributed by atoms with Crippen molar-refractivity contribution in [3.63, 3.8) is 0 Å². The molecule has 0 amide bonds. The van der Waals surface area contributed by atoms with Crippen molar-refractivity contribution < 1.29 is 12.8 Å². The monoisotopic (exact) mass is 317 g/mol. The zero-order chi connectivity index (χ0) is 16.0. The van der Waals surface area contributed by atoms with Crippen molar-refractivity contribution in [1.29, 1.82) is 0 Å². The van der Waals surface area contributed by atoms with Gasteiger partial charge in [-0.25, -0.2) is 17.5 Å². The second-order valence-electron chi connectivity index (χ2n) is 5.29. The molecule has 0 aliphatic rings. The van der Waals surface area contributed by atoms with Gasteiger partial charge in [-0.15, -0.1) is 0 Å². The minimum atomic E-state index is -3.69. The molecule has 0 fully saturated rings. The third kappa shape index (κ3) is 5.35. The van der Waals surface area contributed by atoms with Gasteiger partial charge in [-0.05, 0) is 58.7 Å². The Labute approximate surface area is 126 Å². The summed E-state index contributed by atoms with van der Waals surface area (Å²) in [6.45, 7) is 3.01. The van der Waals surface area contributed by atoms with Gasteiger partial charge in [0.25, 0.3) is 0 Å². The predicted octanol–water partition coefficient (Wildman–Crippen LogP) is 1.08. The van der Waals surface area contributed by atoms with Gasteiger partial charge < -0.3 is 10.2 Å². The fraction of sp³-hybridized carbons (Fsp3) is 0.571. The van der Waals surface area contributed by atoms with Crippen LogP contribution in [0.1, 0.15) is 17.5 Å². The van der Waals surface area contributed by atoms with Crippen LogP contribution < -0.4 is 10.0 Å². The number of sulfonamides is 1. The molecule has 5 nitrogen and oxygen atoms in total. The van der Waals surface area contributed by atoms with Crippen molar-refractivity contribution in [3.8, 4) is 0 Å². The van der Waals surface area contributed by atoms with Gasteiger partial charge in [-0.1, -0.05) is 0 Å². The van der Waals surface area contributed by atoms with Crippen molar-refractivity contribution in [1.82, 2.24) is 14.9 Å². The molecule has 0 heterocycles. The maximum absolute atomic E-state index is 13.9. The summed E-state index contributed by atoms with van der Waals surface area (Å²) in [6, 6.07) is 2.88. The molecule has 0 spiro atoms. The third-order valence-corrected chi connectivity index (χ3v) is 4.69. The summed E-state index contributed by atoms with van der Waals surface area (Å²) < 4.78 is 41.0. The van der Waals surface area contributed by atoms with Crippen LogP contribution in [0.15, 0.2) is 17.0 Å². The molecule has 0 aliphatic carbocycles. The van der Waals surface area contributed by atoms with E-state index in [2.05, 4.69) is 10.0 Å². The highest BCUT2D eigenvalue weighted by atomic mass is 32.2. The summed E-state index contributed by atoms with van der Waals surface area (Å²) >= 11 is 0. The number of hydrogen-bond donors (Lipinski definition) is 2. The van der Waals surface area contributed by atoms with Gasteiger partial charge in [-0.2, -0.15) is 0 Å². The minimum Gasteiger partial charge on any atom is -0.316 e. The van der Waals surface area contributed by atoms with E-state index in [9.17, 15) is 12.8 Å². The molecule has 1 rings (SSSR count). The lowest BCUT2D eigenvalue weighted by molar-refractivity contribution is 0.400. The average molecular weight is 317 g/mol. The second-order valence-corrected chi connectivity index (χ2v) is 7.02. The molecule has 0 radical (unpaired) electrons. The number of nitrogens with zero attached hydrogens (tertiary/aromatic N) is 1. The molecule has 2 N–H and O–H groups in total. The third-order valence-electron chi connectivity index (χ3n) is 3.10. The zero-order valence-corrected chi connectivity index (χ0v) is 13.8. The van der Waals surface area contributed by atoms with E-state index in [0.717, 1.165) is 6.54 Å². The maximum atomic E-state index is 13.9. The summed E-state index contributed by atoms with van der Waals surface area (Å²) in [5.74, 6) is -0.503. The van der Waals surface area contributed by atoms with E-state index in [4.69, 9.17) is 0 Å². The van der Waals surface area contributed by atoms with E-state index >= 15 is 0 Å². The SMILES string of the molecule is CNCc1cc(F)c(C)c(S(=O)(=O)NCCCN(C)C)c1. The van der Waals surface area contributed by atoms with Gasteiger partial charge in [0.15, 0.2) is 0 Å². The molecule has 0 aromatic heterocycles. The first-order chi connectivity index (χ1) is 9.77. The Morgan fingerprint density at radius 3 is 2.52 bits per heavy atom. The summed E-state index contributed by atoms with van der Waals surface area (Å²) in [6.07, 6.45) is 0.698. The molecule has 21 heavy (non-hydrogen) atoms. The molecule has 0 saturated carbocycles. The van der Waals surface area contributed by atoms with Crippen LogP contribution in [0.2, 0.25) is 0 Å². The molecule has 0 aliphatic heterocycles. The zero-order valence-electron chi connectivity index (χ0n) is 13.0. The Kier molecular flexibility index (Phi) is 6.73. The second kappa shape index (κ2) is 7.84. The Hall–Kier alpha value is -1.02. The fourth-order valence-electron chi connectivity index (χ4n) is 1.97. The molecule has 0 bridgehead atoms. The van der Waals surface area contributed by atoms with Crippen LogP contribution in [0.4, 0.5) is 4.39 Å². The van der Waals surface area contributed by atoms with Crippen LogP contribution in [-0.4, -0.2) is 47.6 Å². The van der Waals surface area contributed by atoms with E-state index in [0.29, 0.717) is 25.1 Å². The minimum absolute atomic E-state index is 0.0117. The van der Waals surface area contributed by atoms with E-state index in [1.165, 1.54) is 19.1 Å². The Morgan fingerprint density at radius 2 is 1.95 bits per heavy atom. The normalized spacial score (nSPS) is 12.1. The predicted molar refractivity (Wildman–Crippen MR) is 82.3 cm³/mol. The fourth-order valence-corrected chi connectivity index (χ4v) is 3.35. The van der Waals surface area contributed by atoms with Crippen LogP contribution >= 0.6 is 0 Å². The van der Waals surface area contributed by atoms with Crippen molar-refractivity contribution >= 4 is 10.0 Å². The van der Waals surface area contributed by atoms with E-state index in [-0.39, 0.29) is 10.5 Å². The Bertz CT molecular complexity index is 574. The molecular formula is C14H24FN3O2S. The van der Waals surface area contributed by atoms with Crippen LogP contribution in [0, 0.1) is 12.7 Å². The van der Waals surface area contributed by atoms with Crippen LogP contribution in [0.25, 0.3) is 0 Å². The highest BCUT2D eigenvalue weighted by Gasteiger charge is 2.19. The Balaban J connectivity index is 2.91. The first kappa shape index (κ1) is 18.0. The quantitative estimate of drug-likeness (QED) is 0.705. The van der Waals surface area contributed by atoms with Crippen molar-refractivity contribution in [2.45, 2.75) is 24.8 Å². The van der Waals surface area contributed by atoms with Gasteiger partial charge in [0, 0.05) is 18.7 Å². The maximum Gasteiger partial charge on any atom is 0.240 e. The number of hydrogen-bond acceptors (Lipinski definition) is 4. The van der Waals surface area contributed by atoms with Crippen LogP contribution in [0.3, 0.4) is 0 Å². The molecule has 1 aromatic rings. The van der Waals surface area contributed by atoms with Crippen molar-refractivity contribution in [2.75, 3.05) is 34.2 Å². The van der Waals surface area contributed by atoms with Crippen LogP contribution in [0.5, 0.6) is 0 Å². The number of nitrogens with one attached hydrogen (secondary N) is 2. The number of benzene rings is 1. The van der Waals surface area contributed by atoms with E-state index in [1.807, 2.05) is 19.0 Å². The summed E-state index contributed by atoms with van der Waals surface area (Å²) in [4.78, 5) is 1.99. The van der Waals surface area contributed by atoms with E-state index < -0.39 is 15.8 Å². The van der Waals surface area contributed by atoms with Gasteiger partial charge >= 0.3 is 0 Å². The van der Waals surface area contributed by atoms with Gasteiger partial charge in [-0.3, -0.25) is 0 Å². The molecule has 1 aromatic carbocycles. The largest absolute Gasteiger partial charge is 0.316 e. The number of halogens is 1. The van der Waals surface area contributed by atoms with Gasteiger partial charge in [0.05, 0.1) is 4.90 Å². The standard InChI is InChI=1S/C14H24FN3O2S/c1-11-13(15)8-12(10-16-2)9-14(11)21(19,20)17-6-5-7-18(3)4/h8-9,16-17H,5-7,10H2,1-4H3. The first-order valence-corrected chi connectivity index (χ1v) is 8.34. The highest BCUT2D eigenvalue weighted by molar-refractivity contribution is 7.89. The topological polar surface area (TPSA) is 61.4 Å². The summed E-state index contributed by atoms with van der Waals surface area (Å²) in [5.41, 5.74) is 0.754. The molecule has 120 valence electrons. The smallest absolute Gasteiger partial charge is 0.240 e. The number of rotatable bonds is 8. The van der Waals surface area contributed by atoms with Crippen molar-refractivity contribution in [2.24, 2.45) is 0 Å². The molecular weight excluding hydrogens is 293 g/mol. The van der Waals surface area contributed by atoms with Crippen molar-refractivity contribution in [3.05, 3.63) is 29.1 Å². The van der Waals surface area contributed by atoms with E-state index in [1.54, 1.807) is 7.05 Å². The lowest BCUT2D eigenvalue weighted by Gasteiger charge is -2.13. The van der Waals surface area contributed by atoms with Gasteiger partial charge in [0.1, 0.15) is 5.82 Å². The average Bonchev–Trinajstić information content (AvgIpc) is 2.38. The summed E-state index contributed by atoms with van der Waals surface area (Å²) in [7, 11) is 1.89. The molecule has 0 unspecified atom stereocenters. The molecule has 0 saturated heterocycles. The summed E-state index contributed by atoms with van der Waals surface area (Å²) in [5, 5.41) is 2.89. The highest BCUT2D eigenvalue weighted by Crippen LogP contribution is 2.20. The first-order valence-electron chi connectivity index (χ1n) is 6.86. The lowest BCUT2D eigenvalue weighted by Crippen LogP contribution is -2.28.